The molecule has 0 fully saturated rings. The molecule has 0 aromatic heterocycles. The molecule has 84 valence electrons. The van der Waals surface area contributed by atoms with E-state index in [2.05, 4.69) is 21.2 Å². The number of amides is 1. The molecule has 4 nitrogen and oxygen atoms in total. The summed E-state index contributed by atoms with van der Waals surface area (Å²) in [5.41, 5.74) is 1.18. The summed E-state index contributed by atoms with van der Waals surface area (Å²) in [5, 5.41) is 2.67. The molecule has 0 radical (unpaired) electrons. The molecule has 0 spiro atoms. The maximum absolute atomic E-state index is 11.7. The number of hydrogen-bond acceptors (Lipinski definition) is 3. The SMILES string of the molecule is CC(Br)C(=O)c1ccc2c(c1)OCC(=O)N2. The molecule has 5 heteroatoms. The molecule has 1 unspecified atom stereocenters. The first-order valence-electron chi connectivity index (χ1n) is 4.83. The molecule has 16 heavy (non-hydrogen) atoms. The Kier molecular flexibility index (Phi) is 2.96. The number of alkyl halides is 1. The van der Waals surface area contributed by atoms with E-state index >= 15 is 0 Å². The van der Waals surface area contributed by atoms with Gasteiger partial charge in [-0.3, -0.25) is 9.59 Å². The fourth-order valence-electron chi connectivity index (χ4n) is 1.46. The Labute approximate surface area is 101 Å². The Morgan fingerprint density at radius 1 is 1.56 bits per heavy atom. The molecule has 0 bridgehead atoms. The van der Waals surface area contributed by atoms with E-state index in [0.29, 0.717) is 17.0 Å². The van der Waals surface area contributed by atoms with Gasteiger partial charge < -0.3 is 10.1 Å². The number of benzene rings is 1. The molecule has 1 atom stereocenters. The van der Waals surface area contributed by atoms with E-state index in [4.69, 9.17) is 4.74 Å². The highest BCUT2D eigenvalue weighted by molar-refractivity contribution is 9.10. The van der Waals surface area contributed by atoms with Crippen LogP contribution >= 0.6 is 15.9 Å². The summed E-state index contributed by atoms with van der Waals surface area (Å²) >= 11 is 3.22. The van der Waals surface area contributed by atoms with Crippen molar-refractivity contribution < 1.29 is 14.3 Å². The van der Waals surface area contributed by atoms with Crippen molar-refractivity contribution in [1.82, 2.24) is 0 Å². The molecule has 0 saturated heterocycles. The van der Waals surface area contributed by atoms with Crippen LogP contribution in [-0.2, 0) is 4.79 Å². The number of halogens is 1. The van der Waals surface area contributed by atoms with Crippen LogP contribution in [0.5, 0.6) is 5.75 Å². The van der Waals surface area contributed by atoms with Gasteiger partial charge in [-0.15, -0.1) is 0 Å². The Morgan fingerprint density at radius 2 is 2.31 bits per heavy atom. The number of ether oxygens (including phenoxy) is 1. The van der Waals surface area contributed by atoms with E-state index in [1.807, 2.05) is 0 Å². The molecule has 1 amide bonds. The maximum Gasteiger partial charge on any atom is 0.262 e. The van der Waals surface area contributed by atoms with E-state index in [1.165, 1.54) is 0 Å². The first kappa shape index (κ1) is 11.1. The fraction of sp³-hybridized carbons (Fsp3) is 0.273. The van der Waals surface area contributed by atoms with Crippen LogP contribution < -0.4 is 10.1 Å². The van der Waals surface area contributed by atoms with Gasteiger partial charge in [0.05, 0.1) is 10.5 Å². The van der Waals surface area contributed by atoms with Crippen molar-refractivity contribution in [3.63, 3.8) is 0 Å². The van der Waals surface area contributed by atoms with E-state index in [0.717, 1.165) is 0 Å². The fourth-order valence-corrected chi connectivity index (χ4v) is 1.72. The molecule has 1 aromatic rings. The number of carbonyl (C=O) groups is 2. The van der Waals surface area contributed by atoms with Gasteiger partial charge in [0.2, 0.25) is 0 Å². The molecule has 1 aliphatic heterocycles. The third-order valence-electron chi connectivity index (χ3n) is 2.26. The first-order chi connectivity index (χ1) is 7.58. The predicted octanol–water partition coefficient (Wildman–Crippen LogP) is 1.98. The van der Waals surface area contributed by atoms with Gasteiger partial charge >= 0.3 is 0 Å². The minimum Gasteiger partial charge on any atom is -0.482 e. The smallest absolute Gasteiger partial charge is 0.262 e. The second-order valence-corrected chi connectivity index (χ2v) is 4.90. The number of anilines is 1. The van der Waals surface area contributed by atoms with Crippen molar-refractivity contribution in [2.45, 2.75) is 11.8 Å². The highest BCUT2D eigenvalue weighted by atomic mass is 79.9. The monoisotopic (exact) mass is 283 g/mol. The lowest BCUT2D eigenvalue weighted by molar-refractivity contribution is -0.118. The Balaban J connectivity index is 2.33. The van der Waals surface area contributed by atoms with Crippen LogP contribution in [0, 0.1) is 0 Å². The van der Waals surface area contributed by atoms with Crippen molar-refractivity contribution in [3.8, 4) is 5.75 Å². The highest BCUT2D eigenvalue weighted by Gasteiger charge is 2.19. The number of fused-ring (bicyclic) bond motifs is 1. The second-order valence-electron chi connectivity index (χ2n) is 3.53. The van der Waals surface area contributed by atoms with E-state index in [-0.39, 0.29) is 23.1 Å². The third-order valence-corrected chi connectivity index (χ3v) is 2.68. The minimum absolute atomic E-state index is 0.00545. The molecular weight excluding hydrogens is 274 g/mol. The van der Waals surface area contributed by atoms with Crippen LogP contribution in [0.1, 0.15) is 17.3 Å². The summed E-state index contributed by atoms with van der Waals surface area (Å²) < 4.78 is 5.23. The maximum atomic E-state index is 11.7. The average Bonchev–Trinajstić information content (AvgIpc) is 2.27. The van der Waals surface area contributed by atoms with Crippen LogP contribution in [0.15, 0.2) is 18.2 Å². The van der Waals surface area contributed by atoms with Gasteiger partial charge in [0.15, 0.2) is 12.4 Å². The van der Waals surface area contributed by atoms with Crippen molar-refractivity contribution in [2.75, 3.05) is 11.9 Å². The van der Waals surface area contributed by atoms with Gasteiger partial charge in [0, 0.05) is 5.56 Å². The molecule has 2 rings (SSSR count). The van der Waals surface area contributed by atoms with E-state index in [1.54, 1.807) is 25.1 Å². The van der Waals surface area contributed by atoms with Crippen molar-refractivity contribution in [3.05, 3.63) is 23.8 Å². The molecule has 1 heterocycles. The average molecular weight is 284 g/mol. The Bertz CT molecular complexity index is 457. The summed E-state index contributed by atoms with van der Waals surface area (Å²) in [4.78, 5) is 22.5. The lowest BCUT2D eigenvalue weighted by Crippen LogP contribution is -2.25. The van der Waals surface area contributed by atoms with Gasteiger partial charge in [-0.2, -0.15) is 0 Å². The zero-order valence-corrected chi connectivity index (χ0v) is 10.2. The van der Waals surface area contributed by atoms with Gasteiger partial charge in [-0.05, 0) is 25.1 Å². The van der Waals surface area contributed by atoms with Crippen molar-refractivity contribution in [2.24, 2.45) is 0 Å². The van der Waals surface area contributed by atoms with Crippen molar-refractivity contribution >= 4 is 33.3 Å². The van der Waals surface area contributed by atoms with Gasteiger partial charge in [0.1, 0.15) is 5.75 Å². The second kappa shape index (κ2) is 4.25. The standard InChI is InChI=1S/C11H10BrNO3/c1-6(12)11(15)7-2-3-8-9(4-7)16-5-10(14)13-8/h2-4,6H,5H2,1H3,(H,13,14). The van der Waals surface area contributed by atoms with Gasteiger partial charge in [-0.25, -0.2) is 0 Å². The summed E-state index contributed by atoms with van der Waals surface area (Å²) in [6.45, 7) is 1.76. The lowest BCUT2D eigenvalue weighted by atomic mass is 10.1. The zero-order chi connectivity index (χ0) is 11.7. The van der Waals surface area contributed by atoms with Crippen LogP contribution in [0.3, 0.4) is 0 Å². The van der Waals surface area contributed by atoms with E-state index in [9.17, 15) is 9.59 Å². The summed E-state index contributed by atoms with van der Waals surface area (Å²) in [6, 6.07) is 5.00. The summed E-state index contributed by atoms with van der Waals surface area (Å²) in [7, 11) is 0. The predicted molar refractivity (Wildman–Crippen MR) is 63.3 cm³/mol. The third kappa shape index (κ3) is 2.09. The van der Waals surface area contributed by atoms with Gasteiger partial charge in [-0.1, -0.05) is 15.9 Å². The molecule has 0 saturated carbocycles. The highest BCUT2D eigenvalue weighted by Crippen LogP contribution is 2.29. The zero-order valence-electron chi connectivity index (χ0n) is 8.62. The van der Waals surface area contributed by atoms with E-state index < -0.39 is 0 Å². The topological polar surface area (TPSA) is 55.4 Å². The first-order valence-corrected chi connectivity index (χ1v) is 5.74. The van der Waals surface area contributed by atoms with Crippen LogP contribution in [0.25, 0.3) is 0 Å². The number of carbonyl (C=O) groups excluding carboxylic acids is 2. The molecule has 0 aliphatic carbocycles. The quantitative estimate of drug-likeness (QED) is 0.667. The minimum atomic E-state index is -0.233. The van der Waals surface area contributed by atoms with Crippen LogP contribution in [0.2, 0.25) is 0 Å². The largest absolute Gasteiger partial charge is 0.482 e. The van der Waals surface area contributed by atoms with Crippen molar-refractivity contribution in [1.29, 1.82) is 0 Å². The molecular formula is C11H10BrNO3. The van der Waals surface area contributed by atoms with Crippen LogP contribution in [-0.4, -0.2) is 23.1 Å². The molecule has 1 aliphatic rings. The number of rotatable bonds is 2. The van der Waals surface area contributed by atoms with Gasteiger partial charge in [0.25, 0.3) is 5.91 Å². The molecule has 1 aromatic carbocycles. The Hall–Kier alpha value is -1.36. The lowest BCUT2D eigenvalue weighted by Gasteiger charge is -2.18. The number of nitrogens with one attached hydrogen (secondary N) is 1. The number of Topliss-reactive ketones (excluding diaryl/α,β-unsaturated/α-hetero) is 1. The summed E-state index contributed by atoms with van der Waals surface area (Å²) in [6.07, 6.45) is 0. The summed E-state index contributed by atoms with van der Waals surface area (Å²) in [5.74, 6) is 0.349. The normalized spacial score (nSPS) is 15.8. The molecule has 1 N–H and O–H groups in total. The number of ketones is 1. The Morgan fingerprint density at radius 3 is 3.00 bits per heavy atom. The number of hydrogen-bond donors (Lipinski definition) is 1. The van der Waals surface area contributed by atoms with Crippen LogP contribution in [0.4, 0.5) is 5.69 Å².